The molecule has 3 nitrogen and oxygen atoms in total. The van der Waals surface area contributed by atoms with Crippen LogP contribution in [0.3, 0.4) is 0 Å². The molecule has 1 amide bonds. The second-order valence-corrected chi connectivity index (χ2v) is 6.30. The Morgan fingerprint density at radius 2 is 1.61 bits per heavy atom. The van der Waals surface area contributed by atoms with Crippen molar-refractivity contribution in [2.45, 2.75) is 12.8 Å². The van der Waals surface area contributed by atoms with Crippen molar-refractivity contribution in [1.29, 1.82) is 0 Å². The summed E-state index contributed by atoms with van der Waals surface area (Å²) in [5, 5.41) is 7.97. The molecule has 23 heavy (non-hydrogen) atoms. The van der Waals surface area contributed by atoms with Gasteiger partial charge in [-0.25, -0.2) is 0 Å². The first kappa shape index (κ1) is 17.9. The van der Waals surface area contributed by atoms with E-state index in [1.165, 1.54) is 0 Å². The van der Waals surface area contributed by atoms with Crippen LogP contribution in [0.4, 0.5) is 5.69 Å². The second-order valence-electron chi connectivity index (χ2n) is 5.02. The average Bonchev–Trinajstić information content (AvgIpc) is 2.51. The smallest absolute Gasteiger partial charge is 0.221 e. The zero-order valence-electron chi connectivity index (χ0n) is 12.4. The minimum atomic E-state index is -0.00319. The Morgan fingerprint density at radius 1 is 0.913 bits per heavy atom. The lowest BCUT2D eigenvalue weighted by Crippen LogP contribution is -2.27. The Morgan fingerprint density at radius 3 is 2.30 bits per heavy atom. The Kier molecular flexibility index (Phi) is 7.03. The molecule has 0 bridgehead atoms. The van der Waals surface area contributed by atoms with Crippen LogP contribution in [0.15, 0.2) is 42.5 Å². The van der Waals surface area contributed by atoms with E-state index >= 15 is 0 Å². The van der Waals surface area contributed by atoms with Gasteiger partial charge in [-0.2, -0.15) is 0 Å². The van der Waals surface area contributed by atoms with Gasteiger partial charge in [0.25, 0.3) is 0 Å². The van der Waals surface area contributed by atoms with E-state index in [0.717, 1.165) is 11.3 Å². The van der Waals surface area contributed by atoms with Crippen molar-refractivity contribution >= 4 is 46.4 Å². The van der Waals surface area contributed by atoms with Gasteiger partial charge in [-0.1, -0.05) is 40.9 Å². The van der Waals surface area contributed by atoms with E-state index in [-0.39, 0.29) is 5.91 Å². The maximum Gasteiger partial charge on any atom is 0.221 e. The van der Waals surface area contributed by atoms with Gasteiger partial charge in [0.05, 0.1) is 0 Å². The van der Waals surface area contributed by atoms with E-state index in [9.17, 15) is 4.79 Å². The van der Waals surface area contributed by atoms with Crippen LogP contribution in [-0.4, -0.2) is 19.0 Å². The molecule has 2 aromatic carbocycles. The van der Waals surface area contributed by atoms with Gasteiger partial charge in [-0.3, -0.25) is 4.79 Å². The van der Waals surface area contributed by atoms with E-state index < -0.39 is 0 Å². The Hall–Kier alpha value is -1.42. The number of rotatable bonds is 7. The topological polar surface area (TPSA) is 41.1 Å². The SMILES string of the molecule is O=C(CCNc1ccc(Cl)cc1)NCCc1ccc(Cl)cc1Cl. The highest BCUT2D eigenvalue weighted by atomic mass is 35.5. The Bertz CT molecular complexity index is 659. The molecule has 0 unspecified atom stereocenters. The molecular weight excluding hydrogens is 355 g/mol. The van der Waals surface area contributed by atoms with Gasteiger partial charge in [0.1, 0.15) is 0 Å². The van der Waals surface area contributed by atoms with Crippen molar-refractivity contribution in [3.63, 3.8) is 0 Å². The van der Waals surface area contributed by atoms with Gasteiger partial charge in [-0.05, 0) is 48.4 Å². The molecule has 0 aromatic heterocycles. The molecule has 0 heterocycles. The molecule has 0 atom stereocenters. The number of benzene rings is 2. The Labute approximate surface area is 150 Å². The normalized spacial score (nSPS) is 10.4. The van der Waals surface area contributed by atoms with Crippen LogP contribution >= 0.6 is 34.8 Å². The maximum absolute atomic E-state index is 11.8. The number of nitrogens with one attached hydrogen (secondary N) is 2. The van der Waals surface area contributed by atoms with Gasteiger partial charge in [0.2, 0.25) is 5.91 Å². The highest BCUT2D eigenvalue weighted by molar-refractivity contribution is 6.35. The zero-order chi connectivity index (χ0) is 16.7. The summed E-state index contributed by atoms with van der Waals surface area (Å²) in [5.74, 6) is -0.00319. The van der Waals surface area contributed by atoms with Crippen molar-refractivity contribution in [2.75, 3.05) is 18.4 Å². The van der Waals surface area contributed by atoms with Crippen molar-refractivity contribution in [1.82, 2.24) is 5.32 Å². The first-order chi connectivity index (χ1) is 11.0. The third-order valence-electron chi connectivity index (χ3n) is 3.26. The summed E-state index contributed by atoms with van der Waals surface area (Å²) in [5.41, 5.74) is 1.91. The van der Waals surface area contributed by atoms with E-state index in [1.54, 1.807) is 24.3 Å². The standard InChI is InChI=1S/C17H17Cl3N2O/c18-13-3-5-15(6-4-13)21-10-8-17(23)22-9-7-12-1-2-14(19)11-16(12)20/h1-6,11,21H,7-10H2,(H,22,23). The van der Waals surface area contributed by atoms with E-state index in [4.69, 9.17) is 34.8 Å². The number of anilines is 1. The van der Waals surface area contributed by atoms with E-state index in [1.807, 2.05) is 18.2 Å². The highest BCUT2D eigenvalue weighted by Gasteiger charge is 2.04. The van der Waals surface area contributed by atoms with Gasteiger partial charge < -0.3 is 10.6 Å². The number of amides is 1. The van der Waals surface area contributed by atoms with Crippen LogP contribution in [0.2, 0.25) is 15.1 Å². The first-order valence-corrected chi connectivity index (χ1v) is 8.38. The third kappa shape index (κ3) is 6.30. The van der Waals surface area contributed by atoms with Gasteiger partial charge >= 0.3 is 0 Å². The quantitative estimate of drug-likeness (QED) is 0.733. The van der Waals surface area contributed by atoms with E-state index in [0.29, 0.717) is 41.0 Å². The van der Waals surface area contributed by atoms with Gasteiger partial charge in [0.15, 0.2) is 0 Å². The van der Waals surface area contributed by atoms with Crippen LogP contribution in [-0.2, 0) is 11.2 Å². The van der Waals surface area contributed by atoms with Gasteiger partial charge in [-0.15, -0.1) is 0 Å². The lowest BCUT2D eigenvalue weighted by molar-refractivity contribution is -0.120. The molecule has 0 aliphatic carbocycles. The van der Waals surface area contributed by atoms with Crippen LogP contribution in [0, 0.1) is 0 Å². The summed E-state index contributed by atoms with van der Waals surface area (Å²) < 4.78 is 0. The zero-order valence-corrected chi connectivity index (χ0v) is 14.7. The number of carbonyl (C=O) groups excluding carboxylic acids is 1. The molecular formula is C17H17Cl3N2O. The lowest BCUT2D eigenvalue weighted by atomic mass is 10.1. The molecule has 0 fully saturated rings. The maximum atomic E-state index is 11.8. The van der Waals surface area contributed by atoms with Crippen molar-refractivity contribution in [3.05, 3.63) is 63.1 Å². The molecule has 0 aliphatic rings. The first-order valence-electron chi connectivity index (χ1n) is 7.24. The van der Waals surface area contributed by atoms with Crippen molar-refractivity contribution in [3.8, 4) is 0 Å². The predicted octanol–water partition coefficient (Wildman–Crippen LogP) is 4.81. The molecule has 0 saturated carbocycles. The summed E-state index contributed by atoms with van der Waals surface area (Å²) in [7, 11) is 0. The van der Waals surface area contributed by atoms with Crippen molar-refractivity contribution in [2.24, 2.45) is 0 Å². The average molecular weight is 372 g/mol. The molecule has 0 aliphatic heterocycles. The minimum Gasteiger partial charge on any atom is -0.385 e. The van der Waals surface area contributed by atoms with Crippen LogP contribution < -0.4 is 10.6 Å². The summed E-state index contributed by atoms with van der Waals surface area (Å²) >= 11 is 17.8. The molecule has 6 heteroatoms. The van der Waals surface area contributed by atoms with Crippen LogP contribution in [0.25, 0.3) is 0 Å². The molecule has 0 saturated heterocycles. The number of hydrogen-bond acceptors (Lipinski definition) is 2. The molecule has 2 aromatic rings. The largest absolute Gasteiger partial charge is 0.385 e. The summed E-state index contributed by atoms with van der Waals surface area (Å²) in [6, 6.07) is 12.7. The Balaban J connectivity index is 1.66. The summed E-state index contributed by atoms with van der Waals surface area (Å²) in [6.07, 6.45) is 1.07. The molecule has 122 valence electrons. The molecule has 2 N–H and O–H groups in total. The van der Waals surface area contributed by atoms with Crippen molar-refractivity contribution < 1.29 is 4.79 Å². The number of hydrogen-bond donors (Lipinski definition) is 2. The summed E-state index contributed by atoms with van der Waals surface area (Å²) in [6.45, 7) is 1.11. The minimum absolute atomic E-state index is 0.00319. The van der Waals surface area contributed by atoms with Gasteiger partial charge in [0, 0.05) is 40.3 Å². The van der Waals surface area contributed by atoms with Crippen LogP contribution in [0.5, 0.6) is 0 Å². The fourth-order valence-electron chi connectivity index (χ4n) is 2.04. The second kappa shape index (κ2) is 9.02. The predicted molar refractivity (Wildman–Crippen MR) is 97.7 cm³/mol. The van der Waals surface area contributed by atoms with E-state index in [2.05, 4.69) is 10.6 Å². The monoisotopic (exact) mass is 370 g/mol. The molecule has 0 radical (unpaired) electrons. The molecule has 0 spiro atoms. The fourth-order valence-corrected chi connectivity index (χ4v) is 2.67. The fraction of sp³-hybridized carbons (Fsp3) is 0.235. The number of halogens is 3. The third-order valence-corrected chi connectivity index (χ3v) is 4.10. The lowest BCUT2D eigenvalue weighted by Gasteiger charge is -2.08. The highest BCUT2D eigenvalue weighted by Crippen LogP contribution is 2.21. The van der Waals surface area contributed by atoms with Crippen LogP contribution in [0.1, 0.15) is 12.0 Å². The molecule has 2 rings (SSSR count). The summed E-state index contributed by atoms with van der Waals surface area (Å²) in [4.78, 5) is 11.8. The number of carbonyl (C=O) groups is 1.